The maximum atomic E-state index is 5.83. The predicted octanol–water partition coefficient (Wildman–Crippen LogP) is 2.49. The van der Waals surface area contributed by atoms with E-state index in [0.29, 0.717) is 19.8 Å². The van der Waals surface area contributed by atoms with Crippen LogP contribution in [0.2, 0.25) is 0 Å². The Morgan fingerprint density at radius 2 is 2.00 bits per heavy atom. The van der Waals surface area contributed by atoms with Gasteiger partial charge in [0.2, 0.25) is 0 Å². The first-order valence-electron chi connectivity index (χ1n) is 7.28. The Balaban J connectivity index is 2.22. The van der Waals surface area contributed by atoms with Crippen molar-refractivity contribution in [2.24, 2.45) is 0 Å². The van der Waals surface area contributed by atoms with Crippen LogP contribution in [0.5, 0.6) is 0 Å². The van der Waals surface area contributed by atoms with Crippen molar-refractivity contribution in [3.8, 4) is 0 Å². The number of likely N-dealkylation sites (N-methyl/N-ethyl adjacent to an activating group) is 1. The lowest BCUT2D eigenvalue weighted by atomic mass is 9.94. The first-order valence-corrected chi connectivity index (χ1v) is 7.28. The quantitative estimate of drug-likeness (QED) is 0.885. The molecule has 1 fully saturated rings. The first kappa shape index (κ1) is 14.5. The zero-order valence-corrected chi connectivity index (χ0v) is 12.2. The summed E-state index contributed by atoms with van der Waals surface area (Å²) in [5.41, 5.74) is 4.19. The number of benzene rings is 1. The highest BCUT2D eigenvalue weighted by Crippen LogP contribution is 2.24. The van der Waals surface area contributed by atoms with E-state index in [1.165, 1.54) is 16.7 Å². The second kappa shape index (κ2) is 7.04. The van der Waals surface area contributed by atoms with Gasteiger partial charge < -0.3 is 14.8 Å². The van der Waals surface area contributed by atoms with Gasteiger partial charge in [-0.1, -0.05) is 32.0 Å². The van der Waals surface area contributed by atoms with Crippen molar-refractivity contribution in [3.05, 3.63) is 34.9 Å². The molecule has 2 atom stereocenters. The number of rotatable bonds is 5. The van der Waals surface area contributed by atoms with Gasteiger partial charge in [-0.25, -0.2) is 0 Å². The van der Waals surface area contributed by atoms with Gasteiger partial charge in [-0.3, -0.25) is 0 Å². The minimum atomic E-state index is 0.107. The molecule has 0 amide bonds. The third kappa shape index (κ3) is 3.35. The van der Waals surface area contributed by atoms with E-state index < -0.39 is 0 Å². The lowest BCUT2D eigenvalue weighted by molar-refractivity contribution is -0.101. The summed E-state index contributed by atoms with van der Waals surface area (Å²) in [6.07, 6.45) is 2.28. The fourth-order valence-electron chi connectivity index (χ4n) is 2.78. The van der Waals surface area contributed by atoms with E-state index in [-0.39, 0.29) is 12.1 Å². The van der Waals surface area contributed by atoms with Gasteiger partial charge in [-0.2, -0.15) is 0 Å². The van der Waals surface area contributed by atoms with E-state index in [0.717, 1.165) is 12.8 Å². The number of hydrogen-bond acceptors (Lipinski definition) is 3. The molecule has 106 valence electrons. The molecule has 1 aliphatic rings. The fraction of sp³-hybridized carbons (Fsp3) is 0.625. The molecule has 1 aromatic carbocycles. The van der Waals surface area contributed by atoms with Crippen LogP contribution in [0.25, 0.3) is 0 Å². The summed E-state index contributed by atoms with van der Waals surface area (Å²) >= 11 is 0. The van der Waals surface area contributed by atoms with Crippen molar-refractivity contribution in [2.45, 2.75) is 38.8 Å². The number of ether oxygens (including phenoxy) is 2. The van der Waals surface area contributed by atoms with Gasteiger partial charge >= 0.3 is 0 Å². The standard InChI is InChI=1S/C16H25NO2/c1-4-12-6-7-14(10-13(12)5-2)16(17-3)15-11-18-8-9-19-15/h6-7,10,15-17H,4-5,8-9,11H2,1-3H3. The van der Waals surface area contributed by atoms with Gasteiger partial charge in [0.25, 0.3) is 0 Å². The van der Waals surface area contributed by atoms with Gasteiger partial charge in [0.05, 0.1) is 25.9 Å². The minimum absolute atomic E-state index is 0.107. The summed E-state index contributed by atoms with van der Waals surface area (Å²) in [4.78, 5) is 0. The van der Waals surface area contributed by atoms with Crippen LogP contribution in [-0.4, -0.2) is 33.0 Å². The maximum Gasteiger partial charge on any atom is 0.100 e. The normalized spacial score (nSPS) is 21.3. The average molecular weight is 263 g/mol. The molecule has 1 saturated heterocycles. The lowest BCUT2D eigenvalue weighted by Crippen LogP contribution is -2.39. The largest absolute Gasteiger partial charge is 0.376 e. The monoisotopic (exact) mass is 263 g/mol. The predicted molar refractivity (Wildman–Crippen MR) is 77.6 cm³/mol. The highest BCUT2D eigenvalue weighted by Gasteiger charge is 2.25. The molecule has 2 rings (SSSR count). The Morgan fingerprint density at radius 3 is 2.58 bits per heavy atom. The Morgan fingerprint density at radius 1 is 1.21 bits per heavy atom. The Bertz CT molecular complexity index is 400. The summed E-state index contributed by atoms with van der Waals surface area (Å²) in [5.74, 6) is 0. The number of hydrogen-bond donors (Lipinski definition) is 1. The minimum Gasteiger partial charge on any atom is -0.376 e. The zero-order chi connectivity index (χ0) is 13.7. The fourth-order valence-corrected chi connectivity index (χ4v) is 2.78. The second-order valence-corrected chi connectivity index (χ2v) is 4.99. The van der Waals surface area contributed by atoms with Crippen molar-refractivity contribution < 1.29 is 9.47 Å². The molecule has 1 aliphatic heterocycles. The molecule has 1 heterocycles. The van der Waals surface area contributed by atoms with Gasteiger partial charge in [0, 0.05) is 0 Å². The SMILES string of the molecule is CCc1ccc(C(NC)C2COCCO2)cc1CC. The highest BCUT2D eigenvalue weighted by atomic mass is 16.6. The molecule has 0 bridgehead atoms. The highest BCUT2D eigenvalue weighted by molar-refractivity contribution is 5.34. The van der Waals surface area contributed by atoms with Gasteiger partial charge in [-0.05, 0) is 36.6 Å². The van der Waals surface area contributed by atoms with E-state index in [1.807, 2.05) is 7.05 Å². The van der Waals surface area contributed by atoms with Crippen LogP contribution in [0.3, 0.4) is 0 Å². The van der Waals surface area contributed by atoms with Crippen LogP contribution in [0.4, 0.5) is 0 Å². The molecule has 19 heavy (non-hydrogen) atoms. The average Bonchev–Trinajstić information content (AvgIpc) is 2.49. The van der Waals surface area contributed by atoms with Crippen LogP contribution < -0.4 is 5.32 Å². The van der Waals surface area contributed by atoms with E-state index in [2.05, 4.69) is 37.4 Å². The summed E-state index contributed by atoms with van der Waals surface area (Å²) in [6, 6.07) is 6.99. The molecule has 0 saturated carbocycles. The summed E-state index contributed by atoms with van der Waals surface area (Å²) in [7, 11) is 1.99. The van der Waals surface area contributed by atoms with Crippen molar-refractivity contribution >= 4 is 0 Å². The van der Waals surface area contributed by atoms with Crippen molar-refractivity contribution in [3.63, 3.8) is 0 Å². The third-order valence-corrected chi connectivity index (χ3v) is 3.88. The first-order chi connectivity index (χ1) is 9.30. The van der Waals surface area contributed by atoms with Crippen LogP contribution in [0.1, 0.15) is 36.6 Å². The van der Waals surface area contributed by atoms with Crippen LogP contribution in [-0.2, 0) is 22.3 Å². The third-order valence-electron chi connectivity index (χ3n) is 3.88. The summed E-state index contributed by atoms with van der Waals surface area (Å²) in [5, 5.41) is 3.37. The van der Waals surface area contributed by atoms with Crippen LogP contribution in [0.15, 0.2) is 18.2 Å². The lowest BCUT2D eigenvalue weighted by Gasteiger charge is -2.31. The van der Waals surface area contributed by atoms with E-state index in [1.54, 1.807) is 0 Å². The number of nitrogens with one attached hydrogen (secondary N) is 1. The van der Waals surface area contributed by atoms with Gasteiger partial charge in [0.1, 0.15) is 6.10 Å². The summed E-state index contributed by atoms with van der Waals surface area (Å²) < 4.78 is 11.4. The van der Waals surface area contributed by atoms with Crippen LogP contribution in [0, 0.1) is 0 Å². The Kier molecular flexibility index (Phi) is 5.37. The van der Waals surface area contributed by atoms with Gasteiger partial charge in [0.15, 0.2) is 0 Å². The Labute approximate surface area is 116 Å². The molecule has 2 unspecified atom stereocenters. The van der Waals surface area contributed by atoms with E-state index in [4.69, 9.17) is 9.47 Å². The molecule has 0 aliphatic carbocycles. The van der Waals surface area contributed by atoms with Crippen LogP contribution >= 0.6 is 0 Å². The maximum absolute atomic E-state index is 5.83. The molecule has 3 nitrogen and oxygen atoms in total. The Hall–Kier alpha value is -0.900. The molecular weight excluding hydrogens is 238 g/mol. The molecular formula is C16H25NO2. The molecule has 3 heteroatoms. The zero-order valence-electron chi connectivity index (χ0n) is 12.2. The van der Waals surface area contributed by atoms with Crippen molar-refractivity contribution in [1.29, 1.82) is 0 Å². The molecule has 1 aromatic rings. The molecule has 1 N–H and O–H groups in total. The van der Waals surface area contributed by atoms with E-state index >= 15 is 0 Å². The van der Waals surface area contributed by atoms with Gasteiger partial charge in [-0.15, -0.1) is 0 Å². The topological polar surface area (TPSA) is 30.5 Å². The number of aryl methyl sites for hydroxylation is 2. The molecule has 0 aromatic heterocycles. The molecule has 0 spiro atoms. The second-order valence-electron chi connectivity index (χ2n) is 4.99. The van der Waals surface area contributed by atoms with E-state index in [9.17, 15) is 0 Å². The smallest absolute Gasteiger partial charge is 0.100 e. The summed E-state index contributed by atoms with van der Waals surface area (Å²) in [6.45, 7) is 6.50. The molecule has 0 radical (unpaired) electrons. The van der Waals surface area contributed by atoms with Crippen molar-refractivity contribution in [1.82, 2.24) is 5.32 Å². The van der Waals surface area contributed by atoms with Crippen molar-refractivity contribution in [2.75, 3.05) is 26.9 Å².